The quantitative estimate of drug-likeness (QED) is 0.188. The number of para-hydroxylation sites is 1. The van der Waals surface area contributed by atoms with Gasteiger partial charge in [-0.15, -0.1) is 0 Å². The van der Waals surface area contributed by atoms with Gasteiger partial charge in [0.05, 0.1) is 5.69 Å². The maximum atomic E-state index is 13.4. The molecule has 4 amide bonds. The Balaban J connectivity index is 1.34. The van der Waals surface area contributed by atoms with Crippen molar-refractivity contribution < 1.29 is 23.9 Å². The maximum Gasteiger partial charge on any atom is 0.335 e. The first kappa shape index (κ1) is 27.7. The third-order valence-corrected chi connectivity index (χ3v) is 7.10. The summed E-state index contributed by atoms with van der Waals surface area (Å²) in [5, 5.41) is 2.86. The molecule has 0 atom stereocenters. The standard InChI is InChI=1S/C33H27ClN2O5/c1-21-11-12-23(17-22(21)2)19-41-30-10-6-4-7-24(30)18-28-31(37)35-33(39)36(32(28)38)26-13-15-27(16-14-26)40-20-25-8-3-5-9-29(25)34/h3-18H,19-20H2,1-2H3,(H,35,37,39)/b28-18+. The fourth-order valence-corrected chi connectivity index (χ4v) is 4.49. The Bertz CT molecular complexity index is 1660. The van der Waals surface area contributed by atoms with Crippen LogP contribution in [0.2, 0.25) is 5.02 Å². The van der Waals surface area contributed by atoms with E-state index < -0.39 is 17.8 Å². The molecule has 0 saturated carbocycles. The highest BCUT2D eigenvalue weighted by Gasteiger charge is 2.37. The molecule has 0 spiro atoms. The fourth-order valence-electron chi connectivity index (χ4n) is 4.30. The fraction of sp³-hybridized carbons (Fsp3) is 0.121. The van der Waals surface area contributed by atoms with Crippen molar-refractivity contribution in [2.75, 3.05) is 4.90 Å². The van der Waals surface area contributed by atoms with Crippen molar-refractivity contribution in [3.05, 3.63) is 129 Å². The molecule has 8 heteroatoms. The summed E-state index contributed by atoms with van der Waals surface area (Å²) >= 11 is 6.19. The number of amides is 4. The first-order valence-electron chi connectivity index (χ1n) is 13.0. The van der Waals surface area contributed by atoms with Gasteiger partial charge in [-0.1, -0.05) is 66.2 Å². The van der Waals surface area contributed by atoms with Crippen LogP contribution < -0.4 is 19.7 Å². The molecule has 1 saturated heterocycles. The van der Waals surface area contributed by atoms with E-state index in [9.17, 15) is 14.4 Å². The van der Waals surface area contributed by atoms with Gasteiger partial charge in [-0.2, -0.15) is 0 Å². The number of barbiturate groups is 1. The molecule has 0 aromatic heterocycles. The van der Waals surface area contributed by atoms with E-state index in [-0.39, 0.29) is 17.9 Å². The number of hydrogen-bond donors (Lipinski definition) is 1. The molecule has 1 aliphatic rings. The van der Waals surface area contributed by atoms with Crippen LogP contribution in [0.1, 0.15) is 27.8 Å². The third kappa shape index (κ3) is 6.31. The van der Waals surface area contributed by atoms with E-state index in [0.29, 0.717) is 28.7 Å². The SMILES string of the molecule is Cc1ccc(COc2ccccc2/C=C2\C(=O)NC(=O)N(c3ccc(OCc4ccccc4Cl)cc3)C2=O)cc1C. The van der Waals surface area contributed by atoms with E-state index in [2.05, 4.69) is 11.4 Å². The van der Waals surface area contributed by atoms with Crippen molar-refractivity contribution >= 4 is 41.2 Å². The number of carbonyl (C=O) groups excluding carboxylic acids is 3. The highest BCUT2D eigenvalue weighted by atomic mass is 35.5. The Morgan fingerprint density at radius 2 is 1.54 bits per heavy atom. The summed E-state index contributed by atoms with van der Waals surface area (Å²) in [5.74, 6) is -0.491. The van der Waals surface area contributed by atoms with Crippen LogP contribution in [0.15, 0.2) is 96.6 Å². The van der Waals surface area contributed by atoms with E-state index in [1.165, 1.54) is 11.6 Å². The highest BCUT2D eigenvalue weighted by molar-refractivity contribution is 6.39. The van der Waals surface area contributed by atoms with Crippen LogP contribution in [-0.2, 0) is 22.8 Å². The lowest BCUT2D eigenvalue weighted by atomic mass is 10.1. The third-order valence-electron chi connectivity index (χ3n) is 6.73. The van der Waals surface area contributed by atoms with Gasteiger partial charge in [0.25, 0.3) is 11.8 Å². The molecule has 0 radical (unpaired) electrons. The van der Waals surface area contributed by atoms with Crippen molar-refractivity contribution in [2.24, 2.45) is 0 Å². The molecule has 1 fully saturated rings. The van der Waals surface area contributed by atoms with Crippen molar-refractivity contribution in [1.82, 2.24) is 5.32 Å². The second kappa shape index (κ2) is 12.1. The summed E-state index contributed by atoms with van der Waals surface area (Å²) in [5.41, 5.74) is 4.82. The van der Waals surface area contributed by atoms with Crippen LogP contribution in [-0.4, -0.2) is 17.8 Å². The van der Waals surface area contributed by atoms with Crippen molar-refractivity contribution in [2.45, 2.75) is 27.1 Å². The van der Waals surface area contributed by atoms with Gasteiger partial charge in [0.1, 0.15) is 30.3 Å². The molecule has 206 valence electrons. The molecular weight excluding hydrogens is 540 g/mol. The smallest absolute Gasteiger partial charge is 0.335 e. The zero-order chi connectivity index (χ0) is 28.9. The minimum absolute atomic E-state index is 0.189. The van der Waals surface area contributed by atoms with Crippen LogP contribution in [0.3, 0.4) is 0 Å². The van der Waals surface area contributed by atoms with Crippen LogP contribution in [0.5, 0.6) is 11.5 Å². The van der Waals surface area contributed by atoms with Gasteiger partial charge in [0.15, 0.2) is 0 Å². The molecular formula is C33H27ClN2O5. The van der Waals surface area contributed by atoms with Gasteiger partial charge < -0.3 is 9.47 Å². The summed E-state index contributed by atoms with van der Waals surface area (Å²) in [4.78, 5) is 39.8. The molecule has 1 aliphatic heterocycles. The van der Waals surface area contributed by atoms with E-state index in [4.69, 9.17) is 21.1 Å². The van der Waals surface area contributed by atoms with Gasteiger partial charge in [-0.25, -0.2) is 9.69 Å². The largest absolute Gasteiger partial charge is 0.489 e. The Hall–Kier alpha value is -4.88. The molecule has 5 rings (SSSR count). The Morgan fingerprint density at radius 3 is 2.29 bits per heavy atom. The van der Waals surface area contributed by atoms with Gasteiger partial charge in [0, 0.05) is 16.1 Å². The predicted octanol–water partition coefficient (Wildman–Crippen LogP) is 6.78. The normalized spacial score (nSPS) is 14.3. The van der Waals surface area contributed by atoms with E-state index in [1.807, 2.05) is 50.2 Å². The average Bonchev–Trinajstić information content (AvgIpc) is 2.96. The Kier molecular flexibility index (Phi) is 8.17. The maximum absolute atomic E-state index is 13.4. The molecule has 4 aromatic rings. The lowest BCUT2D eigenvalue weighted by Crippen LogP contribution is -2.54. The summed E-state index contributed by atoms with van der Waals surface area (Å²) in [7, 11) is 0. The summed E-state index contributed by atoms with van der Waals surface area (Å²) in [6, 6.07) is 26.2. The number of nitrogens with one attached hydrogen (secondary N) is 1. The average molecular weight is 567 g/mol. The molecule has 1 heterocycles. The van der Waals surface area contributed by atoms with Gasteiger partial charge in [-0.05, 0) is 73.0 Å². The monoisotopic (exact) mass is 566 g/mol. The minimum Gasteiger partial charge on any atom is -0.489 e. The van der Waals surface area contributed by atoms with Gasteiger partial charge in [0.2, 0.25) is 0 Å². The number of aryl methyl sites for hydroxylation is 2. The lowest BCUT2D eigenvalue weighted by molar-refractivity contribution is -0.122. The molecule has 41 heavy (non-hydrogen) atoms. The first-order valence-corrected chi connectivity index (χ1v) is 13.3. The first-order chi connectivity index (χ1) is 19.8. The van der Waals surface area contributed by atoms with Crippen molar-refractivity contribution in [3.63, 3.8) is 0 Å². The van der Waals surface area contributed by atoms with E-state index >= 15 is 0 Å². The van der Waals surface area contributed by atoms with Crippen LogP contribution in [0, 0.1) is 13.8 Å². The van der Waals surface area contributed by atoms with Gasteiger partial charge >= 0.3 is 6.03 Å². The molecule has 0 bridgehead atoms. The number of benzene rings is 4. The van der Waals surface area contributed by atoms with E-state index in [0.717, 1.165) is 21.6 Å². The second-order valence-electron chi connectivity index (χ2n) is 9.58. The number of halogens is 1. The predicted molar refractivity (Wildman–Crippen MR) is 158 cm³/mol. The van der Waals surface area contributed by atoms with Crippen LogP contribution in [0.4, 0.5) is 10.5 Å². The molecule has 7 nitrogen and oxygen atoms in total. The van der Waals surface area contributed by atoms with E-state index in [1.54, 1.807) is 48.5 Å². The van der Waals surface area contributed by atoms with Crippen LogP contribution in [0.25, 0.3) is 6.08 Å². The topological polar surface area (TPSA) is 84.9 Å². The zero-order valence-electron chi connectivity index (χ0n) is 22.5. The number of hydrogen-bond acceptors (Lipinski definition) is 5. The number of rotatable bonds is 8. The lowest BCUT2D eigenvalue weighted by Gasteiger charge is -2.26. The molecule has 4 aromatic carbocycles. The van der Waals surface area contributed by atoms with Crippen molar-refractivity contribution in [1.29, 1.82) is 0 Å². The number of ether oxygens (including phenoxy) is 2. The summed E-state index contributed by atoms with van der Waals surface area (Å²) < 4.78 is 11.8. The number of nitrogens with zero attached hydrogens (tertiary/aromatic N) is 1. The number of urea groups is 1. The Labute approximate surface area is 243 Å². The van der Waals surface area contributed by atoms with Gasteiger partial charge in [-0.3, -0.25) is 14.9 Å². The Morgan fingerprint density at radius 1 is 0.805 bits per heavy atom. The van der Waals surface area contributed by atoms with Crippen LogP contribution >= 0.6 is 11.6 Å². The zero-order valence-corrected chi connectivity index (χ0v) is 23.3. The number of imide groups is 2. The second-order valence-corrected chi connectivity index (χ2v) is 9.98. The minimum atomic E-state index is -0.832. The van der Waals surface area contributed by atoms with Crippen molar-refractivity contribution in [3.8, 4) is 11.5 Å². The molecule has 0 aliphatic carbocycles. The molecule has 0 unspecified atom stereocenters. The molecule has 1 N–H and O–H groups in total. The summed E-state index contributed by atoms with van der Waals surface area (Å²) in [6.07, 6.45) is 1.44. The highest BCUT2D eigenvalue weighted by Crippen LogP contribution is 2.28. The number of carbonyl (C=O) groups is 3. The summed E-state index contributed by atoms with van der Waals surface area (Å²) in [6.45, 7) is 4.66. The number of anilines is 1.